The fourth-order valence-electron chi connectivity index (χ4n) is 3.41. The molecule has 2 aromatic rings. The molecule has 3 rings (SSSR count). The van der Waals surface area contributed by atoms with Gasteiger partial charge in [-0.3, -0.25) is 0 Å². The Morgan fingerprint density at radius 1 is 0.963 bits per heavy atom. The average molecular weight is 388 g/mol. The van der Waals surface area contributed by atoms with Gasteiger partial charge in [0.05, 0.1) is 0 Å². The number of halogens is 1. The second-order valence-corrected chi connectivity index (χ2v) is 7.16. The first kappa shape index (κ1) is 21.1. The van der Waals surface area contributed by atoms with Crippen molar-refractivity contribution in [1.82, 2.24) is 10.2 Å². The Kier molecular flexibility index (Phi) is 7.55. The van der Waals surface area contributed by atoms with Crippen LogP contribution < -0.4 is 10.2 Å². The van der Waals surface area contributed by atoms with Crippen LogP contribution >= 0.6 is 12.4 Å². The molecule has 0 spiro atoms. The van der Waals surface area contributed by atoms with E-state index < -0.39 is 0 Å². The number of carbonyl (C=O) groups excluding carboxylic acids is 1. The van der Waals surface area contributed by atoms with Crippen LogP contribution in [0.3, 0.4) is 0 Å². The SMILES string of the molecule is Cc1ccc(CCNC(=O)N2CCN(c3cccc(C)c3C)CC2)cc1.Cl. The van der Waals surface area contributed by atoms with E-state index in [-0.39, 0.29) is 18.4 Å². The van der Waals surface area contributed by atoms with Crippen molar-refractivity contribution in [2.75, 3.05) is 37.6 Å². The molecule has 1 heterocycles. The summed E-state index contributed by atoms with van der Waals surface area (Å²) in [5.41, 5.74) is 6.47. The van der Waals surface area contributed by atoms with Crippen LogP contribution in [0.5, 0.6) is 0 Å². The Morgan fingerprint density at radius 2 is 1.63 bits per heavy atom. The van der Waals surface area contributed by atoms with Gasteiger partial charge in [-0.05, 0) is 49.9 Å². The summed E-state index contributed by atoms with van der Waals surface area (Å²) >= 11 is 0. The Bertz CT molecular complexity index is 753. The van der Waals surface area contributed by atoms with E-state index in [9.17, 15) is 4.79 Å². The molecule has 146 valence electrons. The first-order valence-electron chi connectivity index (χ1n) is 9.44. The minimum atomic E-state index is 0. The van der Waals surface area contributed by atoms with Crippen LogP contribution in [-0.2, 0) is 6.42 Å². The predicted octanol–water partition coefficient (Wildman–Crippen LogP) is 4.11. The molecule has 1 aliphatic heterocycles. The van der Waals surface area contributed by atoms with Crippen molar-refractivity contribution in [3.63, 3.8) is 0 Å². The molecular formula is C22H30ClN3O. The maximum atomic E-state index is 12.4. The fraction of sp³-hybridized carbons (Fsp3) is 0.409. The molecule has 1 aliphatic rings. The highest BCUT2D eigenvalue weighted by atomic mass is 35.5. The second kappa shape index (κ2) is 9.65. The van der Waals surface area contributed by atoms with E-state index in [1.54, 1.807) is 0 Å². The fourth-order valence-corrected chi connectivity index (χ4v) is 3.41. The third-order valence-electron chi connectivity index (χ3n) is 5.29. The number of nitrogens with zero attached hydrogens (tertiary/aromatic N) is 2. The summed E-state index contributed by atoms with van der Waals surface area (Å²) in [7, 11) is 0. The van der Waals surface area contributed by atoms with Crippen molar-refractivity contribution < 1.29 is 4.79 Å². The van der Waals surface area contributed by atoms with E-state index in [1.807, 2.05) is 4.90 Å². The number of amides is 2. The number of benzene rings is 2. The number of nitrogens with one attached hydrogen (secondary N) is 1. The molecule has 0 saturated carbocycles. The standard InChI is InChI=1S/C22H29N3O.ClH/c1-17-7-9-20(10-8-17)11-12-23-22(26)25-15-13-24(14-16-25)21-6-4-5-18(2)19(21)3;/h4-10H,11-16H2,1-3H3,(H,23,26);1H. The maximum absolute atomic E-state index is 12.4. The monoisotopic (exact) mass is 387 g/mol. The Labute approximate surface area is 169 Å². The lowest BCUT2D eigenvalue weighted by Crippen LogP contribution is -2.52. The van der Waals surface area contributed by atoms with E-state index in [4.69, 9.17) is 0 Å². The number of hydrogen-bond donors (Lipinski definition) is 1. The van der Waals surface area contributed by atoms with Gasteiger partial charge in [0.15, 0.2) is 0 Å². The molecule has 2 aromatic carbocycles. The number of hydrogen-bond acceptors (Lipinski definition) is 2. The largest absolute Gasteiger partial charge is 0.368 e. The molecule has 27 heavy (non-hydrogen) atoms. The molecule has 0 unspecified atom stereocenters. The lowest BCUT2D eigenvalue weighted by atomic mass is 10.1. The quantitative estimate of drug-likeness (QED) is 0.856. The van der Waals surface area contributed by atoms with Crippen molar-refractivity contribution >= 4 is 24.1 Å². The molecule has 5 heteroatoms. The summed E-state index contributed by atoms with van der Waals surface area (Å²) in [6.45, 7) is 10.4. The highest BCUT2D eigenvalue weighted by Crippen LogP contribution is 2.23. The van der Waals surface area contributed by atoms with Gasteiger partial charge in [0.1, 0.15) is 0 Å². The molecule has 1 fully saturated rings. The average Bonchev–Trinajstić information content (AvgIpc) is 2.66. The Hall–Kier alpha value is -2.20. The van der Waals surface area contributed by atoms with E-state index in [0.717, 1.165) is 32.6 Å². The van der Waals surface area contributed by atoms with Crippen LogP contribution in [0, 0.1) is 20.8 Å². The first-order valence-corrected chi connectivity index (χ1v) is 9.44. The summed E-state index contributed by atoms with van der Waals surface area (Å²) in [6.07, 6.45) is 0.870. The lowest BCUT2D eigenvalue weighted by Gasteiger charge is -2.37. The molecule has 2 amide bonds. The number of carbonyl (C=O) groups is 1. The van der Waals surface area contributed by atoms with Gasteiger partial charge in [-0.15, -0.1) is 12.4 Å². The topological polar surface area (TPSA) is 35.6 Å². The molecule has 0 bridgehead atoms. The molecular weight excluding hydrogens is 358 g/mol. The molecule has 0 aliphatic carbocycles. The minimum absolute atomic E-state index is 0. The summed E-state index contributed by atoms with van der Waals surface area (Å²) < 4.78 is 0. The van der Waals surface area contributed by atoms with Gasteiger partial charge in [-0.25, -0.2) is 4.79 Å². The smallest absolute Gasteiger partial charge is 0.317 e. The molecule has 0 atom stereocenters. The van der Waals surface area contributed by atoms with Gasteiger partial charge in [-0.2, -0.15) is 0 Å². The van der Waals surface area contributed by atoms with E-state index in [0.29, 0.717) is 6.54 Å². The molecule has 4 nitrogen and oxygen atoms in total. The van der Waals surface area contributed by atoms with E-state index in [2.05, 4.69) is 73.5 Å². The molecule has 1 saturated heterocycles. The first-order chi connectivity index (χ1) is 12.5. The van der Waals surface area contributed by atoms with Crippen LogP contribution in [0.1, 0.15) is 22.3 Å². The Morgan fingerprint density at radius 3 is 2.30 bits per heavy atom. The molecule has 0 aromatic heterocycles. The molecule has 0 radical (unpaired) electrons. The normalized spacial score (nSPS) is 13.9. The van der Waals surface area contributed by atoms with E-state index in [1.165, 1.54) is 27.9 Å². The van der Waals surface area contributed by atoms with Gasteiger partial charge in [0, 0.05) is 38.4 Å². The van der Waals surface area contributed by atoms with Crippen molar-refractivity contribution in [2.24, 2.45) is 0 Å². The van der Waals surface area contributed by atoms with Crippen LogP contribution in [0.4, 0.5) is 10.5 Å². The third kappa shape index (κ3) is 5.39. The zero-order valence-corrected chi connectivity index (χ0v) is 17.3. The third-order valence-corrected chi connectivity index (χ3v) is 5.29. The predicted molar refractivity (Wildman–Crippen MR) is 115 cm³/mol. The number of urea groups is 1. The maximum Gasteiger partial charge on any atom is 0.317 e. The van der Waals surface area contributed by atoms with Crippen LogP contribution in [-0.4, -0.2) is 43.7 Å². The van der Waals surface area contributed by atoms with Crippen molar-refractivity contribution in [3.8, 4) is 0 Å². The zero-order chi connectivity index (χ0) is 18.5. The van der Waals surface area contributed by atoms with Crippen LogP contribution in [0.15, 0.2) is 42.5 Å². The van der Waals surface area contributed by atoms with Crippen molar-refractivity contribution in [1.29, 1.82) is 0 Å². The van der Waals surface area contributed by atoms with Crippen LogP contribution in [0.25, 0.3) is 0 Å². The highest BCUT2D eigenvalue weighted by molar-refractivity contribution is 5.85. The summed E-state index contributed by atoms with van der Waals surface area (Å²) in [4.78, 5) is 16.7. The van der Waals surface area contributed by atoms with Gasteiger partial charge < -0.3 is 15.1 Å². The van der Waals surface area contributed by atoms with Crippen molar-refractivity contribution in [3.05, 3.63) is 64.7 Å². The number of anilines is 1. The Balaban J connectivity index is 0.00000261. The summed E-state index contributed by atoms with van der Waals surface area (Å²) in [6, 6.07) is 15.0. The number of rotatable bonds is 4. The number of piperazine rings is 1. The van der Waals surface area contributed by atoms with Gasteiger partial charge in [0.2, 0.25) is 0 Å². The van der Waals surface area contributed by atoms with Gasteiger partial charge >= 0.3 is 6.03 Å². The minimum Gasteiger partial charge on any atom is -0.368 e. The second-order valence-electron chi connectivity index (χ2n) is 7.16. The molecule has 1 N–H and O–H groups in total. The lowest BCUT2D eigenvalue weighted by molar-refractivity contribution is 0.194. The van der Waals surface area contributed by atoms with E-state index >= 15 is 0 Å². The summed E-state index contributed by atoms with van der Waals surface area (Å²) in [5, 5.41) is 3.06. The number of aryl methyl sites for hydroxylation is 2. The van der Waals surface area contributed by atoms with Crippen molar-refractivity contribution in [2.45, 2.75) is 27.2 Å². The zero-order valence-electron chi connectivity index (χ0n) is 16.5. The highest BCUT2D eigenvalue weighted by Gasteiger charge is 2.22. The van der Waals surface area contributed by atoms with Crippen LogP contribution in [0.2, 0.25) is 0 Å². The summed E-state index contributed by atoms with van der Waals surface area (Å²) in [5.74, 6) is 0. The van der Waals surface area contributed by atoms with Gasteiger partial charge in [-0.1, -0.05) is 42.0 Å². The van der Waals surface area contributed by atoms with Gasteiger partial charge in [0.25, 0.3) is 0 Å².